The molecule has 0 aromatic heterocycles. The number of nitrogens with one attached hydrogen (secondary N) is 1. The average Bonchev–Trinajstić information content (AvgIpc) is 2.00. The van der Waals surface area contributed by atoms with E-state index in [4.69, 9.17) is 4.78 Å². The summed E-state index contributed by atoms with van der Waals surface area (Å²) < 4.78 is 119. The molecule has 0 rings (SSSR count). The molecule has 0 spiro atoms. The van der Waals surface area contributed by atoms with E-state index in [-0.39, 0.29) is 0 Å². The van der Waals surface area contributed by atoms with E-state index in [0.29, 0.717) is 0 Å². The van der Waals surface area contributed by atoms with Gasteiger partial charge < -0.3 is 8.99 Å². The lowest BCUT2D eigenvalue weighted by molar-refractivity contribution is -0.331. The summed E-state index contributed by atoms with van der Waals surface area (Å²) >= 11 is 0. The molecule has 0 aromatic rings. The molecule has 0 radical (unpaired) electrons. The summed E-state index contributed by atoms with van der Waals surface area (Å²) in [7, 11) is -11.1. The van der Waals surface area contributed by atoms with Crippen LogP contribution in [-0.4, -0.2) is 25.8 Å². The summed E-state index contributed by atoms with van der Waals surface area (Å²) in [4.78, 5) is 0. The van der Waals surface area contributed by atoms with Crippen LogP contribution < -0.4 is 0 Å². The van der Waals surface area contributed by atoms with Crippen LogP contribution in [0.3, 0.4) is 0 Å². The van der Waals surface area contributed by atoms with Gasteiger partial charge in [-0.3, -0.25) is 0 Å². The van der Waals surface area contributed by atoms with Gasteiger partial charge in [0.1, 0.15) is 0 Å². The summed E-state index contributed by atoms with van der Waals surface area (Å²) in [6.07, 6.45) is -6.86. The van der Waals surface area contributed by atoms with E-state index in [1.165, 1.54) is 0 Å². The van der Waals surface area contributed by atoms with Gasteiger partial charge in [-0.15, -0.1) is 0 Å². The average molecular weight is 296 g/mol. The minimum absolute atomic E-state index is 4.33. The maximum Gasteiger partial charge on any atom is 0.461 e. The minimum atomic E-state index is -6.93. The summed E-state index contributed by atoms with van der Waals surface area (Å²) in [6.45, 7) is 0. The highest BCUT2D eigenvalue weighted by molar-refractivity contribution is 8.59. The minimum Gasteiger partial charge on any atom is -0.430 e. The predicted octanol–water partition coefficient (Wildman–Crippen LogP) is 1.83. The Morgan fingerprint density at radius 1 is 0.938 bits per heavy atom. The second kappa shape index (κ2) is 3.72. The summed E-state index contributed by atoms with van der Waals surface area (Å²) in [5, 5.41) is -6.68. The van der Waals surface area contributed by atoms with Crippen molar-refractivity contribution in [2.75, 3.05) is 0 Å². The van der Waals surface area contributed by atoms with Gasteiger partial charge in [0.2, 0.25) is 0 Å². The summed E-state index contributed by atoms with van der Waals surface area (Å²) in [5.74, 6) is -6.93. The van der Waals surface area contributed by atoms with Crippen molar-refractivity contribution in [2.45, 2.75) is 17.4 Å². The topological polar surface area (TPSA) is 75.1 Å². The van der Waals surface area contributed by atoms with Gasteiger partial charge in [0.05, 0.1) is 0 Å². The summed E-state index contributed by atoms with van der Waals surface area (Å²) in [6, 6.07) is 0. The zero-order chi connectivity index (χ0) is 13.6. The van der Waals surface area contributed by atoms with Crippen LogP contribution in [0, 0.1) is 4.78 Å². The number of rotatable bonds is 3. The Morgan fingerprint density at radius 2 is 1.25 bits per heavy atom. The number of hydrogen-bond acceptors (Lipinski definition) is 5. The number of hydrogen-bond donors (Lipinski definition) is 1. The lowest BCUT2D eigenvalue weighted by Gasteiger charge is -2.28. The van der Waals surface area contributed by atoms with Crippen LogP contribution in [0.25, 0.3) is 0 Å². The molecule has 0 saturated heterocycles. The SMILES string of the molecule is N=[S-](=O)S(=O)(=O)C(F)(F)C(F)(F)C(F)(F)F. The van der Waals surface area contributed by atoms with Crippen LogP contribution >= 0.6 is 0 Å². The van der Waals surface area contributed by atoms with Crippen molar-refractivity contribution < 1.29 is 43.4 Å². The highest BCUT2D eigenvalue weighted by atomic mass is 33.1. The first-order chi connectivity index (χ1) is 6.69. The standard InChI is InChI=1S/C3HF7NO3S2/c4-1(5,2(6,7)8)3(9,10)16(13,14)15(11)12/h11H/q-1. The van der Waals surface area contributed by atoms with E-state index in [9.17, 15) is 43.4 Å². The van der Waals surface area contributed by atoms with Crippen molar-refractivity contribution >= 4 is 18.5 Å². The molecular formula is C3HF7NO3S2-. The Kier molecular flexibility index (Phi) is 3.58. The molecule has 0 aromatic carbocycles. The second-order valence-electron chi connectivity index (χ2n) is 2.28. The zero-order valence-electron chi connectivity index (χ0n) is 6.69. The van der Waals surface area contributed by atoms with Gasteiger partial charge in [-0.25, -0.2) is 8.42 Å². The Balaban J connectivity index is 5.93. The van der Waals surface area contributed by atoms with Gasteiger partial charge in [0.25, 0.3) is 0 Å². The maximum absolute atomic E-state index is 12.4. The molecule has 0 atom stereocenters. The molecule has 16 heavy (non-hydrogen) atoms. The molecule has 1 N–H and O–H groups in total. The van der Waals surface area contributed by atoms with Gasteiger partial charge in [-0.2, -0.15) is 30.7 Å². The van der Waals surface area contributed by atoms with Crippen LogP contribution in [0.15, 0.2) is 0 Å². The first-order valence-electron chi connectivity index (χ1n) is 2.90. The van der Waals surface area contributed by atoms with Crippen molar-refractivity contribution in [1.82, 2.24) is 0 Å². The van der Waals surface area contributed by atoms with Gasteiger partial charge in [-0.1, -0.05) is 9.63 Å². The number of alkyl halides is 7. The molecule has 0 unspecified atom stereocenters. The lowest BCUT2D eigenvalue weighted by atomic mass is 10.3. The van der Waals surface area contributed by atoms with Crippen molar-refractivity contribution in [1.29, 1.82) is 4.78 Å². The molecule has 98 valence electrons. The highest BCUT2D eigenvalue weighted by Crippen LogP contribution is 2.49. The Labute approximate surface area is 84.8 Å². The van der Waals surface area contributed by atoms with Gasteiger partial charge >= 0.3 is 17.4 Å². The fraction of sp³-hybridized carbons (Fsp3) is 1.00. The molecule has 4 nitrogen and oxygen atoms in total. The third-order valence-electron chi connectivity index (χ3n) is 1.23. The van der Waals surface area contributed by atoms with Gasteiger partial charge in [0.15, 0.2) is 8.87 Å². The van der Waals surface area contributed by atoms with Crippen LogP contribution in [-0.2, 0) is 22.7 Å². The molecule has 0 aliphatic carbocycles. The quantitative estimate of drug-likeness (QED) is 0.490. The molecule has 0 aliphatic heterocycles. The predicted molar refractivity (Wildman–Crippen MR) is 35.6 cm³/mol. The van der Waals surface area contributed by atoms with Crippen molar-refractivity contribution in [3.05, 3.63) is 0 Å². The molecule has 0 aliphatic rings. The molecule has 13 heteroatoms. The third-order valence-corrected chi connectivity index (χ3v) is 4.34. The molecule has 0 bridgehead atoms. The van der Waals surface area contributed by atoms with Crippen LogP contribution in [0.4, 0.5) is 30.7 Å². The zero-order valence-corrected chi connectivity index (χ0v) is 8.32. The van der Waals surface area contributed by atoms with E-state index in [2.05, 4.69) is 0 Å². The molecule has 0 heterocycles. The van der Waals surface area contributed by atoms with Crippen LogP contribution in [0.5, 0.6) is 0 Å². The highest BCUT2D eigenvalue weighted by Gasteiger charge is 2.77. The Bertz CT molecular complexity index is 438. The first kappa shape index (κ1) is 15.4. The van der Waals surface area contributed by atoms with E-state index in [1.807, 2.05) is 0 Å². The van der Waals surface area contributed by atoms with Crippen LogP contribution in [0.2, 0.25) is 0 Å². The maximum atomic E-state index is 12.4. The van der Waals surface area contributed by atoms with Crippen molar-refractivity contribution in [3.63, 3.8) is 0 Å². The first-order valence-corrected chi connectivity index (χ1v) is 6.05. The summed E-state index contributed by atoms with van der Waals surface area (Å²) in [5.41, 5.74) is 0. The van der Waals surface area contributed by atoms with E-state index < -0.39 is 35.9 Å². The smallest absolute Gasteiger partial charge is 0.430 e. The van der Waals surface area contributed by atoms with E-state index in [0.717, 1.165) is 0 Å². The monoisotopic (exact) mass is 296 g/mol. The number of halogens is 7. The Hall–Kier alpha value is -0.590. The van der Waals surface area contributed by atoms with Crippen LogP contribution in [0.1, 0.15) is 0 Å². The second-order valence-corrected chi connectivity index (χ2v) is 6.39. The van der Waals surface area contributed by atoms with Crippen molar-refractivity contribution in [3.8, 4) is 0 Å². The largest absolute Gasteiger partial charge is 0.461 e. The lowest BCUT2D eigenvalue weighted by Crippen LogP contribution is -2.55. The normalized spacial score (nSPS) is 15.5. The fourth-order valence-electron chi connectivity index (χ4n) is 0.417. The van der Waals surface area contributed by atoms with E-state index >= 15 is 0 Å². The van der Waals surface area contributed by atoms with Gasteiger partial charge in [-0.05, 0) is 0 Å². The Morgan fingerprint density at radius 3 is 1.44 bits per heavy atom. The molecular weight excluding hydrogens is 295 g/mol. The molecule has 0 amide bonds. The fourth-order valence-corrected chi connectivity index (χ4v) is 1.92. The van der Waals surface area contributed by atoms with Gasteiger partial charge in [0, 0.05) is 0 Å². The molecule has 0 fully saturated rings. The van der Waals surface area contributed by atoms with E-state index in [1.54, 1.807) is 0 Å². The molecule has 0 saturated carbocycles. The third kappa shape index (κ3) is 1.97. The van der Waals surface area contributed by atoms with Crippen molar-refractivity contribution in [2.24, 2.45) is 0 Å².